The minimum absolute atomic E-state index is 0.0279. The van der Waals surface area contributed by atoms with Gasteiger partial charge in [-0.15, -0.1) is 0 Å². The number of rotatable bonds is 5. The van der Waals surface area contributed by atoms with Gasteiger partial charge in [-0.1, -0.05) is 6.42 Å². The van der Waals surface area contributed by atoms with E-state index in [0.29, 0.717) is 13.0 Å². The summed E-state index contributed by atoms with van der Waals surface area (Å²) in [6, 6.07) is 2.70. The van der Waals surface area contributed by atoms with Crippen LogP contribution in [0, 0.1) is 11.6 Å². The highest BCUT2D eigenvalue weighted by molar-refractivity contribution is 7.87. The molecule has 8 heteroatoms. The second kappa shape index (κ2) is 6.78. The molecule has 1 atom stereocenters. The molecule has 0 spiro atoms. The van der Waals surface area contributed by atoms with Crippen molar-refractivity contribution in [3.8, 4) is 0 Å². The first-order valence-corrected chi connectivity index (χ1v) is 8.28. The van der Waals surface area contributed by atoms with Gasteiger partial charge in [0.15, 0.2) is 0 Å². The average Bonchev–Trinajstić information content (AvgIpc) is 2.48. The maximum absolute atomic E-state index is 13.5. The quantitative estimate of drug-likeness (QED) is 0.854. The molecule has 1 fully saturated rings. The number of benzene rings is 1. The Morgan fingerprint density at radius 1 is 1.33 bits per heavy atom. The van der Waals surface area contributed by atoms with Crippen LogP contribution in [0.5, 0.6) is 0 Å². The SMILES string of the molecule is NCC1CCCCN1S(=O)(=O)NCc1cc(F)ccc1F. The molecule has 1 heterocycles. The monoisotopic (exact) mass is 319 g/mol. The highest BCUT2D eigenvalue weighted by Gasteiger charge is 2.31. The fourth-order valence-corrected chi connectivity index (χ4v) is 3.91. The van der Waals surface area contributed by atoms with E-state index >= 15 is 0 Å². The maximum atomic E-state index is 13.5. The average molecular weight is 319 g/mol. The molecule has 5 nitrogen and oxygen atoms in total. The van der Waals surface area contributed by atoms with Gasteiger partial charge in [-0.2, -0.15) is 17.4 Å². The van der Waals surface area contributed by atoms with Crippen molar-refractivity contribution in [3.05, 3.63) is 35.4 Å². The number of hydrogen-bond acceptors (Lipinski definition) is 3. The van der Waals surface area contributed by atoms with Gasteiger partial charge in [0, 0.05) is 31.2 Å². The maximum Gasteiger partial charge on any atom is 0.280 e. The number of halogens is 2. The zero-order valence-electron chi connectivity index (χ0n) is 11.6. The summed E-state index contributed by atoms with van der Waals surface area (Å²) in [7, 11) is -3.76. The van der Waals surface area contributed by atoms with Crippen LogP contribution in [0.15, 0.2) is 18.2 Å². The topological polar surface area (TPSA) is 75.4 Å². The number of nitrogens with zero attached hydrogens (tertiary/aromatic N) is 1. The van der Waals surface area contributed by atoms with Gasteiger partial charge < -0.3 is 5.73 Å². The van der Waals surface area contributed by atoms with Crippen LogP contribution in [0.3, 0.4) is 0 Å². The molecule has 118 valence electrons. The molecule has 1 aromatic carbocycles. The van der Waals surface area contributed by atoms with Crippen molar-refractivity contribution in [3.63, 3.8) is 0 Å². The van der Waals surface area contributed by atoms with Crippen LogP contribution in [0.25, 0.3) is 0 Å². The third kappa shape index (κ3) is 3.97. The van der Waals surface area contributed by atoms with E-state index in [1.165, 1.54) is 4.31 Å². The van der Waals surface area contributed by atoms with Crippen LogP contribution < -0.4 is 10.5 Å². The molecule has 21 heavy (non-hydrogen) atoms. The summed E-state index contributed by atoms with van der Waals surface area (Å²) in [6.07, 6.45) is 2.42. The minimum Gasteiger partial charge on any atom is -0.329 e. The molecule has 1 unspecified atom stereocenters. The molecule has 3 N–H and O–H groups in total. The van der Waals surface area contributed by atoms with Gasteiger partial charge >= 0.3 is 0 Å². The molecule has 1 aliphatic heterocycles. The van der Waals surface area contributed by atoms with E-state index in [2.05, 4.69) is 4.72 Å². The lowest BCUT2D eigenvalue weighted by molar-refractivity contribution is 0.254. The van der Waals surface area contributed by atoms with Crippen molar-refractivity contribution in [1.82, 2.24) is 9.03 Å². The summed E-state index contributed by atoms with van der Waals surface area (Å²) in [4.78, 5) is 0. The van der Waals surface area contributed by atoms with Crippen LogP contribution >= 0.6 is 0 Å². The molecule has 0 amide bonds. The molecule has 2 rings (SSSR count). The van der Waals surface area contributed by atoms with Crippen LogP contribution in [-0.4, -0.2) is 31.9 Å². The van der Waals surface area contributed by atoms with Crippen LogP contribution in [0.4, 0.5) is 8.78 Å². The molecule has 0 bridgehead atoms. The lowest BCUT2D eigenvalue weighted by Gasteiger charge is -2.33. The van der Waals surface area contributed by atoms with E-state index in [0.717, 1.165) is 31.0 Å². The summed E-state index contributed by atoms with van der Waals surface area (Å²) in [5.41, 5.74) is 5.57. The van der Waals surface area contributed by atoms with Crippen molar-refractivity contribution in [2.24, 2.45) is 5.73 Å². The van der Waals surface area contributed by atoms with E-state index in [4.69, 9.17) is 5.73 Å². The van der Waals surface area contributed by atoms with Crippen molar-refractivity contribution >= 4 is 10.2 Å². The Labute approximate surface area is 123 Å². The van der Waals surface area contributed by atoms with E-state index in [-0.39, 0.29) is 24.7 Å². The van der Waals surface area contributed by atoms with Gasteiger partial charge in [0.2, 0.25) is 0 Å². The highest BCUT2D eigenvalue weighted by atomic mass is 32.2. The van der Waals surface area contributed by atoms with Crippen molar-refractivity contribution in [1.29, 1.82) is 0 Å². The van der Waals surface area contributed by atoms with Gasteiger partial charge in [-0.05, 0) is 31.0 Å². The minimum atomic E-state index is -3.76. The van der Waals surface area contributed by atoms with E-state index in [9.17, 15) is 17.2 Å². The summed E-state index contributed by atoms with van der Waals surface area (Å²) >= 11 is 0. The first-order chi connectivity index (χ1) is 9.94. The zero-order valence-corrected chi connectivity index (χ0v) is 12.4. The molecular weight excluding hydrogens is 300 g/mol. The normalized spacial score (nSPS) is 20.6. The van der Waals surface area contributed by atoms with Crippen molar-refractivity contribution in [2.75, 3.05) is 13.1 Å². The smallest absolute Gasteiger partial charge is 0.280 e. The van der Waals surface area contributed by atoms with Crippen LogP contribution in [0.2, 0.25) is 0 Å². The molecule has 0 radical (unpaired) electrons. The fourth-order valence-electron chi connectivity index (χ4n) is 2.46. The summed E-state index contributed by atoms with van der Waals surface area (Å²) in [5.74, 6) is -1.25. The largest absolute Gasteiger partial charge is 0.329 e. The molecule has 0 saturated carbocycles. The first-order valence-electron chi connectivity index (χ1n) is 6.84. The Balaban J connectivity index is 2.08. The van der Waals surface area contributed by atoms with Crippen molar-refractivity contribution in [2.45, 2.75) is 31.8 Å². The summed E-state index contributed by atoms with van der Waals surface area (Å²) in [5, 5.41) is 0. The third-order valence-corrected chi connectivity index (χ3v) is 5.21. The second-order valence-electron chi connectivity index (χ2n) is 5.06. The Bertz CT molecular complexity index is 595. The Hall–Kier alpha value is -1.09. The zero-order chi connectivity index (χ0) is 15.5. The highest BCUT2D eigenvalue weighted by Crippen LogP contribution is 2.19. The summed E-state index contributed by atoms with van der Waals surface area (Å²) < 4.78 is 54.7. The molecule has 1 saturated heterocycles. The summed E-state index contributed by atoms with van der Waals surface area (Å²) in [6.45, 7) is 0.345. The standard InChI is InChI=1S/C13H19F2N3O2S/c14-11-4-5-13(15)10(7-11)9-17-21(19,20)18-6-2-1-3-12(18)8-16/h4-5,7,12,17H,1-3,6,8-9,16H2. The predicted octanol–water partition coefficient (Wildman–Crippen LogP) is 1.11. The molecule has 1 aromatic rings. The number of piperidine rings is 1. The Morgan fingerprint density at radius 3 is 2.81 bits per heavy atom. The first kappa shape index (κ1) is 16.3. The van der Waals surface area contributed by atoms with Gasteiger partial charge in [-0.3, -0.25) is 0 Å². The van der Waals surface area contributed by atoms with Crippen LogP contribution in [-0.2, 0) is 16.8 Å². The fraction of sp³-hybridized carbons (Fsp3) is 0.538. The lowest BCUT2D eigenvalue weighted by Crippen LogP contribution is -2.51. The second-order valence-corrected chi connectivity index (χ2v) is 6.77. The molecule has 0 aliphatic carbocycles. The van der Waals surface area contributed by atoms with Gasteiger partial charge in [0.05, 0.1) is 0 Å². The van der Waals surface area contributed by atoms with Gasteiger partial charge in [-0.25, -0.2) is 8.78 Å². The Morgan fingerprint density at radius 2 is 2.10 bits per heavy atom. The molecule has 1 aliphatic rings. The van der Waals surface area contributed by atoms with Crippen molar-refractivity contribution < 1.29 is 17.2 Å². The molecular formula is C13H19F2N3O2S. The molecule has 0 aromatic heterocycles. The number of nitrogens with two attached hydrogens (primary N) is 1. The third-order valence-electron chi connectivity index (χ3n) is 3.61. The van der Waals surface area contributed by atoms with E-state index in [1.807, 2.05) is 0 Å². The van der Waals surface area contributed by atoms with E-state index < -0.39 is 21.8 Å². The van der Waals surface area contributed by atoms with E-state index in [1.54, 1.807) is 0 Å². The number of nitrogens with one attached hydrogen (secondary N) is 1. The Kier molecular flexibility index (Phi) is 5.26. The van der Waals surface area contributed by atoms with Crippen LogP contribution in [0.1, 0.15) is 24.8 Å². The van der Waals surface area contributed by atoms with Gasteiger partial charge in [0.1, 0.15) is 11.6 Å². The van der Waals surface area contributed by atoms with Gasteiger partial charge in [0.25, 0.3) is 10.2 Å². The number of hydrogen-bond donors (Lipinski definition) is 2. The lowest BCUT2D eigenvalue weighted by atomic mass is 10.1. The predicted molar refractivity (Wildman–Crippen MR) is 75.5 cm³/mol.